The van der Waals surface area contributed by atoms with E-state index in [2.05, 4.69) is 11.4 Å². The van der Waals surface area contributed by atoms with Gasteiger partial charge in [0.25, 0.3) is 0 Å². The molecule has 1 heteroatoms. The van der Waals surface area contributed by atoms with Crippen molar-refractivity contribution < 1.29 is 0 Å². The van der Waals surface area contributed by atoms with Gasteiger partial charge in [-0.05, 0) is 52.1 Å². The van der Waals surface area contributed by atoms with Gasteiger partial charge in [0.15, 0.2) is 0 Å². The minimum absolute atomic E-state index is 1.16. The maximum absolute atomic E-state index is 3.18. The zero-order valence-corrected chi connectivity index (χ0v) is 9.53. The quantitative estimate of drug-likeness (QED) is 0.519. The van der Waals surface area contributed by atoms with Crippen LogP contribution in [0.5, 0.6) is 0 Å². The Morgan fingerprint density at radius 3 is 2.62 bits per heavy atom. The summed E-state index contributed by atoms with van der Waals surface area (Å²) in [6.07, 6.45) is 10.6. The lowest BCUT2D eigenvalue weighted by molar-refractivity contribution is 0.644. The second-order valence-corrected chi connectivity index (χ2v) is 3.32. The topological polar surface area (TPSA) is 12.0 Å². The van der Waals surface area contributed by atoms with E-state index in [1.165, 1.54) is 38.5 Å². The molecule has 1 aliphatic carbocycles. The van der Waals surface area contributed by atoms with Crippen LogP contribution < -0.4 is 5.32 Å². The van der Waals surface area contributed by atoms with Crippen LogP contribution in [0.25, 0.3) is 0 Å². The van der Waals surface area contributed by atoms with Gasteiger partial charge in [-0.15, -0.1) is 0 Å². The van der Waals surface area contributed by atoms with Crippen molar-refractivity contribution in [3.8, 4) is 0 Å². The molecule has 0 aliphatic heterocycles. The first kappa shape index (κ1) is 12.7. The van der Waals surface area contributed by atoms with Crippen LogP contribution in [0, 0.1) is 0 Å². The number of hydrogen-bond acceptors (Lipinski definition) is 1. The van der Waals surface area contributed by atoms with Crippen molar-refractivity contribution in [2.24, 2.45) is 0 Å². The molecule has 0 bridgehead atoms. The van der Waals surface area contributed by atoms with Crippen molar-refractivity contribution in [2.75, 3.05) is 13.6 Å². The lowest BCUT2D eigenvalue weighted by atomic mass is 9.96. The summed E-state index contributed by atoms with van der Waals surface area (Å²) >= 11 is 0. The predicted molar refractivity (Wildman–Crippen MR) is 61.1 cm³/mol. The van der Waals surface area contributed by atoms with Crippen LogP contribution in [0.4, 0.5) is 0 Å². The lowest BCUT2D eigenvalue weighted by Crippen LogP contribution is -2.07. The Kier molecular flexibility index (Phi) is 9.56. The van der Waals surface area contributed by atoms with Crippen LogP contribution in [0.2, 0.25) is 0 Å². The maximum atomic E-state index is 3.18. The molecule has 0 spiro atoms. The zero-order valence-electron chi connectivity index (χ0n) is 9.53. The fourth-order valence-corrected chi connectivity index (χ4v) is 1.62. The third-order valence-corrected chi connectivity index (χ3v) is 2.31. The van der Waals surface area contributed by atoms with E-state index in [1.54, 1.807) is 5.57 Å². The molecule has 0 aromatic heterocycles. The van der Waals surface area contributed by atoms with Gasteiger partial charge in [-0.3, -0.25) is 0 Å². The Hall–Kier alpha value is -0.300. The summed E-state index contributed by atoms with van der Waals surface area (Å²) in [6, 6.07) is 0. The molecule has 0 atom stereocenters. The van der Waals surface area contributed by atoms with Crippen LogP contribution in [0.3, 0.4) is 0 Å². The van der Waals surface area contributed by atoms with Gasteiger partial charge in [0.2, 0.25) is 0 Å². The number of rotatable bonds is 4. The highest BCUT2D eigenvalue weighted by Crippen LogP contribution is 2.20. The van der Waals surface area contributed by atoms with Gasteiger partial charge >= 0.3 is 0 Å². The average Bonchev–Trinajstić information content (AvgIpc) is 2.23. The van der Waals surface area contributed by atoms with Crippen molar-refractivity contribution >= 4 is 0 Å². The van der Waals surface area contributed by atoms with Gasteiger partial charge < -0.3 is 5.32 Å². The number of hydrogen-bond donors (Lipinski definition) is 1. The zero-order chi connectivity index (χ0) is 9.94. The van der Waals surface area contributed by atoms with Crippen LogP contribution in [-0.2, 0) is 0 Å². The average molecular weight is 183 g/mol. The van der Waals surface area contributed by atoms with Gasteiger partial charge in [0.05, 0.1) is 0 Å². The first-order chi connectivity index (χ1) is 6.43. The van der Waals surface area contributed by atoms with E-state index in [1.807, 2.05) is 20.9 Å². The molecule has 1 nitrogen and oxygen atoms in total. The first-order valence-electron chi connectivity index (χ1n) is 5.76. The second-order valence-electron chi connectivity index (χ2n) is 3.32. The highest BCUT2D eigenvalue weighted by molar-refractivity contribution is 5.04. The Morgan fingerprint density at radius 1 is 1.31 bits per heavy atom. The summed E-state index contributed by atoms with van der Waals surface area (Å²) < 4.78 is 0. The van der Waals surface area contributed by atoms with E-state index in [0.717, 1.165) is 6.54 Å². The van der Waals surface area contributed by atoms with Gasteiger partial charge in [-0.1, -0.05) is 25.5 Å². The summed E-state index contributed by atoms with van der Waals surface area (Å²) in [6.45, 7) is 5.16. The molecule has 13 heavy (non-hydrogen) atoms. The third kappa shape index (κ3) is 6.83. The van der Waals surface area contributed by atoms with Gasteiger partial charge in [-0.25, -0.2) is 0 Å². The number of nitrogens with one attached hydrogen (secondary N) is 1. The van der Waals surface area contributed by atoms with Gasteiger partial charge in [0.1, 0.15) is 0 Å². The summed E-state index contributed by atoms with van der Waals surface area (Å²) in [5, 5.41) is 3.18. The minimum Gasteiger partial charge on any atom is -0.320 e. The van der Waals surface area contributed by atoms with E-state index in [-0.39, 0.29) is 0 Å². The third-order valence-electron chi connectivity index (χ3n) is 2.31. The van der Waals surface area contributed by atoms with Crippen molar-refractivity contribution in [1.82, 2.24) is 5.32 Å². The summed E-state index contributed by atoms with van der Waals surface area (Å²) in [5.41, 5.74) is 1.70. The monoisotopic (exact) mass is 183 g/mol. The second kappa shape index (κ2) is 9.79. The predicted octanol–water partition coefficient (Wildman–Crippen LogP) is 3.51. The molecule has 0 aromatic rings. The van der Waals surface area contributed by atoms with Crippen LogP contribution >= 0.6 is 0 Å². The standard InChI is InChI=1S/C10H19N.C2H6/c1-11-9-5-8-10-6-3-2-4-7-10;1-2/h6,11H,2-5,7-9H2,1H3;1-2H3. The summed E-state index contributed by atoms with van der Waals surface area (Å²) in [5.74, 6) is 0. The SMILES string of the molecule is CC.CNCCCC1=CCCCC1. The number of allylic oxidation sites excluding steroid dienone is 2. The van der Waals surface area contributed by atoms with E-state index < -0.39 is 0 Å². The highest BCUT2D eigenvalue weighted by atomic mass is 14.8. The Labute approximate surface area is 83.6 Å². The largest absolute Gasteiger partial charge is 0.320 e. The van der Waals surface area contributed by atoms with Gasteiger partial charge in [0, 0.05) is 0 Å². The molecule has 0 saturated carbocycles. The van der Waals surface area contributed by atoms with E-state index in [9.17, 15) is 0 Å². The van der Waals surface area contributed by atoms with Crippen molar-refractivity contribution in [1.29, 1.82) is 0 Å². The normalized spacial score (nSPS) is 15.8. The Balaban J connectivity index is 0.000000671. The minimum atomic E-state index is 1.16. The molecule has 0 aromatic carbocycles. The summed E-state index contributed by atoms with van der Waals surface area (Å²) in [4.78, 5) is 0. The Bertz CT molecular complexity index is 127. The lowest BCUT2D eigenvalue weighted by Gasteiger charge is -2.11. The van der Waals surface area contributed by atoms with E-state index in [0.29, 0.717) is 0 Å². The molecular formula is C12H25N. The smallest absolute Gasteiger partial charge is 0.00489 e. The van der Waals surface area contributed by atoms with Crippen molar-refractivity contribution in [3.05, 3.63) is 11.6 Å². The molecule has 0 radical (unpaired) electrons. The summed E-state index contributed by atoms with van der Waals surface area (Å²) in [7, 11) is 2.02. The van der Waals surface area contributed by atoms with Gasteiger partial charge in [-0.2, -0.15) is 0 Å². The van der Waals surface area contributed by atoms with Crippen molar-refractivity contribution in [2.45, 2.75) is 52.4 Å². The molecule has 0 amide bonds. The molecule has 1 aliphatic rings. The molecule has 1 rings (SSSR count). The molecule has 0 saturated heterocycles. The molecule has 1 N–H and O–H groups in total. The Morgan fingerprint density at radius 2 is 2.08 bits per heavy atom. The molecule has 0 heterocycles. The molecule has 0 unspecified atom stereocenters. The fraction of sp³-hybridized carbons (Fsp3) is 0.833. The fourth-order valence-electron chi connectivity index (χ4n) is 1.62. The van der Waals surface area contributed by atoms with Crippen LogP contribution in [0.1, 0.15) is 52.4 Å². The maximum Gasteiger partial charge on any atom is -0.00489 e. The highest BCUT2D eigenvalue weighted by Gasteiger charge is 2.01. The van der Waals surface area contributed by atoms with Crippen LogP contribution in [0.15, 0.2) is 11.6 Å². The van der Waals surface area contributed by atoms with E-state index >= 15 is 0 Å². The van der Waals surface area contributed by atoms with Crippen molar-refractivity contribution in [3.63, 3.8) is 0 Å². The first-order valence-corrected chi connectivity index (χ1v) is 5.76. The molecule has 0 fully saturated rings. The van der Waals surface area contributed by atoms with E-state index in [4.69, 9.17) is 0 Å². The molecular weight excluding hydrogens is 158 g/mol. The molecule has 78 valence electrons. The van der Waals surface area contributed by atoms with Crippen LogP contribution in [-0.4, -0.2) is 13.6 Å².